The van der Waals surface area contributed by atoms with Gasteiger partial charge in [-0.2, -0.15) is 9.83 Å². The Labute approximate surface area is 163 Å². The molecule has 0 spiro atoms. The largest absolute Gasteiger partial charge is 0.390 e. The second-order valence-corrected chi connectivity index (χ2v) is 6.95. The fourth-order valence-electron chi connectivity index (χ4n) is 3.31. The highest BCUT2D eigenvalue weighted by atomic mass is 16.3. The highest BCUT2D eigenvalue weighted by molar-refractivity contribution is 5.79. The van der Waals surface area contributed by atoms with Crippen LogP contribution in [0.2, 0.25) is 0 Å². The lowest BCUT2D eigenvalue weighted by Gasteiger charge is -2.06. The standard InChI is InChI=1S/C23H20N4O/c1-15-3-4-19(11-16(15)2)17-5-7-18(8-6-17)23-25-21-12-20(13-24)27(9-10-28)14-22(21)26-23/h3-8,11-12,14,28H,9-10H2,1-2H3/p+1. The van der Waals surface area contributed by atoms with Gasteiger partial charge < -0.3 is 10.1 Å². The number of rotatable bonds is 4. The maximum absolute atomic E-state index is 9.31. The van der Waals surface area contributed by atoms with Gasteiger partial charge in [-0.3, -0.25) is 0 Å². The lowest BCUT2D eigenvalue weighted by Crippen LogP contribution is -2.38. The van der Waals surface area contributed by atoms with Gasteiger partial charge in [-0.15, -0.1) is 0 Å². The summed E-state index contributed by atoms with van der Waals surface area (Å²) >= 11 is 0. The summed E-state index contributed by atoms with van der Waals surface area (Å²) in [5.74, 6) is 0.757. The van der Waals surface area contributed by atoms with Crippen molar-refractivity contribution < 1.29 is 9.67 Å². The van der Waals surface area contributed by atoms with Crippen molar-refractivity contribution in [2.75, 3.05) is 6.61 Å². The number of benzene rings is 2. The fourth-order valence-corrected chi connectivity index (χ4v) is 3.31. The Hall–Kier alpha value is -3.49. The van der Waals surface area contributed by atoms with Crippen LogP contribution in [-0.2, 0) is 6.54 Å². The first-order valence-electron chi connectivity index (χ1n) is 9.21. The van der Waals surface area contributed by atoms with Crippen LogP contribution in [0.1, 0.15) is 16.8 Å². The van der Waals surface area contributed by atoms with E-state index in [1.807, 2.05) is 6.20 Å². The first kappa shape index (κ1) is 17.9. The summed E-state index contributed by atoms with van der Waals surface area (Å²) < 4.78 is 1.73. The molecule has 28 heavy (non-hydrogen) atoms. The summed E-state index contributed by atoms with van der Waals surface area (Å²) in [6.07, 6.45) is 1.82. The molecule has 4 aromatic rings. The molecule has 0 unspecified atom stereocenters. The third-order valence-corrected chi connectivity index (χ3v) is 5.08. The molecule has 0 atom stereocenters. The lowest BCUT2D eigenvalue weighted by molar-refractivity contribution is -0.699. The predicted molar refractivity (Wildman–Crippen MR) is 108 cm³/mol. The summed E-state index contributed by atoms with van der Waals surface area (Å²) in [5.41, 5.74) is 7.96. The van der Waals surface area contributed by atoms with Crippen molar-refractivity contribution in [3.63, 3.8) is 0 Å². The van der Waals surface area contributed by atoms with Crippen LogP contribution in [0.4, 0.5) is 0 Å². The first-order chi connectivity index (χ1) is 13.6. The average molecular weight is 369 g/mol. The van der Waals surface area contributed by atoms with E-state index in [0.717, 1.165) is 28.0 Å². The van der Waals surface area contributed by atoms with Crippen LogP contribution in [-0.4, -0.2) is 21.7 Å². The van der Waals surface area contributed by atoms with Gasteiger partial charge in [0.05, 0.1) is 0 Å². The number of H-pyrrole nitrogens is 1. The summed E-state index contributed by atoms with van der Waals surface area (Å²) in [6, 6.07) is 18.7. The number of hydrogen-bond donors (Lipinski definition) is 2. The van der Waals surface area contributed by atoms with Crippen molar-refractivity contribution >= 4 is 11.0 Å². The van der Waals surface area contributed by atoms with Crippen LogP contribution < -0.4 is 4.57 Å². The molecule has 0 aliphatic rings. The Balaban J connectivity index is 1.70. The van der Waals surface area contributed by atoms with Gasteiger partial charge >= 0.3 is 0 Å². The minimum Gasteiger partial charge on any atom is -0.390 e. The number of aliphatic hydroxyl groups excluding tert-OH is 1. The molecule has 2 aromatic heterocycles. The SMILES string of the molecule is Cc1ccc(-c2ccc(-c3nc4cc(C#N)[n+](CCO)cc4[nH]3)cc2)cc1C. The second-order valence-electron chi connectivity index (χ2n) is 6.95. The zero-order valence-corrected chi connectivity index (χ0v) is 15.9. The maximum atomic E-state index is 9.31. The topological polar surface area (TPSA) is 76.6 Å². The molecule has 4 rings (SSSR count). The summed E-state index contributed by atoms with van der Waals surface area (Å²) in [6.45, 7) is 4.59. The molecule has 2 aromatic carbocycles. The Bertz CT molecular complexity index is 1200. The normalized spacial score (nSPS) is 10.9. The molecule has 5 nitrogen and oxygen atoms in total. The molecule has 0 saturated heterocycles. The van der Waals surface area contributed by atoms with Crippen molar-refractivity contribution in [3.05, 3.63) is 71.5 Å². The number of pyridine rings is 1. The Morgan fingerprint density at radius 2 is 1.71 bits per heavy atom. The molecule has 2 heterocycles. The number of nitrogens with one attached hydrogen (secondary N) is 1. The monoisotopic (exact) mass is 369 g/mol. The Kier molecular flexibility index (Phi) is 4.64. The molecule has 0 radical (unpaired) electrons. The van der Waals surface area contributed by atoms with Crippen LogP contribution in [0.3, 0.4) is 0 Å². The number of aryl methyl sites for hydroxylation is 2. The number of aliphatic hydroxyl groups is 1. The van der Waals surface area contributed by atoms with Crippen molar-refractivity contribution in [2.45, 2.75) is 20.4 Å². The summed E-state index contributed by atoms with van der Waals surface area (Å²) in [5, 5.41) is 18.5. The molecule has 0 saturated carbocycles. The molecular formula is C23H21N4O+. The molecule has 5 heteroatoms. The van der Waals surface area contributed by atoms with Crippen molar-refractivity contribution in [1.82, 2.24) is 9.97 Å². The third-order valence-electron chi connectivity index (χ3n) is 5.08. The van der Waals surface area contributed by atoms with Gasteiger partial charge in [-0.05, 0) is 36.1 Å². The molecule has 0 aliphatic carbocycles. The van der Waals surface area contributed by atoms with E-state index in [9.17, 15) is 10.4 Å². The van der Waals surface area contributed by atoms with E-state index in [0.29, 0.717) is 12.2 Å². The predicted octanol–water partition coefficient (Wildman–Crippen LogP) is 3.67. The first-order valence-corrected chi connectivity index (χ1v) is 9.21. The van der Waals surface area contributed by atoms with Gasteiger partial charge in [-0.1, -0.05) is 42.5 Å². The number of nitrogens with zero attached hydrogens (tertiary/aromatic N) is 3. The van der Waals surface area contributed by atoms with Crippen molar-refractivity contribution in [2.24, 2.45) is 0 Å². The molecule has 0 amide bonds. The number of aromatic amines is 1. The molecular weight excluding hydrogens is 348 g/mol. The van der Waals surface area contributed by atoms with Crippen molar-refractivity contribution in [3.8, 4) is 28.6 Å². The van der Waals surface area contributed by atoms with Crippen LogP contribution in [0.15, 0.2) is 54.7 Å². The third kappa shape index (κ3) is 3.26. The van der Waals surface area contributed by atoms with Gasteiger partial charge in [0.1, 0.15) is 23.5 Å². The van der Waals surface area contributed by atoms with E-state index in [4.69, 9.17) is 0 Å². The van der Waals surface area contributed by atoms with Gasteiger partial charge in [0, 0.05) is 11.6 Å². The number of fused-ring (bicyclic) bond motifs is 1. The van der Waals surface area contributed by atoms with E-state index in [1.54, 1.807) is 10.6 Å². The zero-order chi connectivity index (χ0) is 19.7. The van der Waals surface area contributed by atoms with Gasteiger partial charge in [0.15, 0.2) is 18.8 Å². The number of nitriles is 1. The summed E-state index contributed by atoms with van der Waals surface area (Å²) in [7, 11) is 0. The van der Waals surface area contributed by atoms with Crippen LogP contribution >= 0.6 is 0 Å². The average Bonchev–Trinajstić information content (AvgIpc) is 3.12. The number of hydrogen-bond acceptors (Lipinski definition) is 3. The number of aromatic nitrogens is 3. The quantitative estimate of drug-likeness (QED) is 0.539. The van der Waals surface area contributed by atoms with E-state index in [1.165, 1.54) is 16.7 Å². The highest BCUT2D eigenvalue weighted by Crippen LogP contribution is 2.26. The number of imidazole rings is 1. The van der Waals surface area contributed by atoms with Crippen LogP contribution in [0, 0.1) is 25.2 Å². The molecule has 0 aliphatic heterocycles. The smallest absolute Gasteiger partial charge is 0.285 e. The molecule has 138 valence electrons. The van der Waals surface area contributed by atoms with Crippen LogP contribution in [0.25, 0.3) is 33.5 Å². The van der Waals surface area contributed by atoms with Gasteiger partial charge in [-0.25, -0.2) is 4.98 Å². The fraction of sp³-hybridized carbons (Fsp3) is 0.174. The Morgan fingerprint density at radius 3 is 2.39 bits per heavy atom. The molecule has 0 fully saturated rings. The maximum Gasteiger partial charge on any atom is 0.285 e. The molecule has 2 N–H and O–H groups in total. The molecule has 0 bridgehead atoms. The van der Waals surface area contributed by atoms with Gasteiger partial charge in [0.25, 0.3) is 5.69 Å². The minimum atomic E-state index is -0.0220. The van der Waals surface area contributed by atoms with Crippen LogP contribution in [0.5, 0.6) is 0 Å². The minimum absolute atomic E-state index is 0.0220. The Morgan fingerprint density at radius 1 is 1.00 bits per heavy atom. The van der Waals surface area contributed by atoms with E-state index < -0.39 is 0 Å². The highest BCUT2D eigenvalue weighted by Gasteiger charge is 2.15. The van der Waals surface area contributed by atoms with Gasteiger partial charge in [0.2, 0.25) is 0 Å². The van der Waals surface area contributed by atoms with E-state index in [-0.39, 0.29) is 6.61 Å². The lowest BCUT2D eigenvalue weighted by atomic mass is 9.99. The van der Waals surface area contributed by atoms with E-state index in [2.05, 4.69) is 72.3 Å². The van der Waals surface area contributed by atoms with Crippen molar-refractivity contribution in [1.29, 1.82) is 5.26 Å². The van der Waals surface area contributed by atoms with E-state index >= 15 is 0 Å². The second kappa shape index (κ2) is 7.26. The zero-order valence-electron chi connectivity index (χ0n) is 15.9. The summed E-state index contributed by atoms with van der Waals surface area (Å²) in [4.78, 5) is 7.95.